The fourth-order valence-electron chi connectivity index (χ4n) is 2.73. The predicted molar refractivity (Wildman–Crippen MR) is 85.8 cm³/mol. The SMILES string of the molecule is CCN(CC)CC1CCN(S(=O)(=O)CCCCCl)CC1. The largest absolute Gasteiger partial charge is 0.304 e. The van der Waals surface area contributed by atoms with Gasteiger partial charge in [0.15, 0.2) is 0 Å². The molecule has 0 bridgehead atoms. The Hall–Kier alpha value is 0.160. The van der Waals surface area contributed by atoms with Crippen LogP contribution in [-0.2, 0) is 10.0 Å². The molecule has 1 aliphatic rings. The number of unbranched alkanes of at least 4 members (excludes halogenated alkanes) is 1. The smallest absolute Gasteiger partial charge is 0.214 e. The summed E-state index contributed by atoms with van der Waals surface area (Å²) >= 11 is 5.60. The van der Waals surface area contributed by atoms with E-state index in [0.717, 1.165) is 38.9 Å². The first-order valence-electron chi connectivity index (χ1n) is 7.79. The molecule has 0 spiro atoms. The highest BCUT2D eigenvalue weighted by atomic mass is 35.5. The molecule has 6 heteroatoms. The first-order valence-corrected chi connectivity index (χ1v) is 9.94. The zero-order chi connectivity index (χ0) is 15.0. The van der Waals surface area contributed by atoms with Crippen molar-refractivity contribution in [3.05, 3.63) is 0 Å². The predicted octanol–water partition coefficient (Wildman–Crippen LogP) is 2.39. The maximum Gasteiger partial charge on any atom is 0.214 e. The summed E-state index contributed by atoms with van der Waals surface area (Å²) in [4.78, 5) is 2.43. The average molecular weight is 325 g/mol. The third-order valence-corrected chi connectivity index (χ3v) is 6.39. The number of alkyl halides is 1. The summed E-state index contributed by atoms with van der Waals surface area (Å²) in [6.07, 6.45) is 3.43. The van der Waals surface area contributed by atoms with E-state index in [1.807, 2.05) is 0 Å². The topological polar surface area (TPSA) is 40.6 Å². The molecule has 1 fully saturated rings. The lowest BCUT2D eigenvalue weighted by molar-refractivity contribution is 0.193. The fourth-order valence-corrected chi connectivity index (χ4v) is 4.51. The molecule has 0 radical (unpaired) electrons. The Bertz CT molecular complexity index is 350. The zero-order valence-electron chi connectivity index (χ0n) is 12.9. The number of sulfonamides is 1. The molecule has 1 rings (SSSR count). The molecule has 0 atom stereocenters. The number of nitrogens with zero attached hydrogens (tertiary/aromatic N) is 2. The molecule has 0 N–H and O–H groups in total. The number of hydrogen-bond acceptors (Lipinski definition) is 3. The summed E-state index contributed by atoms with van der Waals surface area (Å²) in [6, 6.07) is 0. The molecular weight excluding hydrogens is 296 g/mol. The minimum atomic E-state index is -3.06. The highest BCUT2D eigenvalue weighted by molar-refractivity contribution is 7.89. The van der Waals surface area contributed by atoms with Crippen LogP contribution in [0.3, 0.4) is 0 Å². The lowest BCUT2D eigenvalue weighted by Crippen LogP contribution is -2.42. The quantitative estimate of drug-likeness (QED) is 0.483. The zero-order valence-corrected chi connectivity index (χ0v) is 14.4. The Morgan fingerprint density at radius 2 is 1.75 bits per heavy atom. The standard InChI is InChI=1S/C14H29ClN2O2S/c1-3-16(4-2)13-14-7-10-17(11-8-14)20(18,19)12-6-5-9-15/h14H,3-13H2,1-2H3. The maximum atomic E-state index is 12.2. The molecule has 0 aromatic carbocycles. The van der Waals surface area contributed by atoms with Crippen LogP contribution in [0, 0.1) is 5.92 Å². The van der Waals surface area contributed by atoms with Gasteiger partial charge in [0.05, 0.1) is 5.75 Å². The Morgan fingerprint density at radius 3 is 2.25 bits per heavy atom. The molecule has 0 amide bonds. The number of halogens is 1. The molecule has 0 unspecified atom stereocenters. The first kappa shape index (κ1) is 18.2. The minimum absolute atomic E-state index is 0.250. The monoisotopic (exact) mass is 324 g/mol. The van der Waals surface area contributed by atoms with E-state index in [4.69, 9.17) is 11.6 Å². The van der Waals surface area contributed by atoms with Gasteiger partial charge in [-0.3, -0.25) is 0 Å². The number of piperidine rings is 1. The highest BCUT2D eigenvalue weighted by Gasteiger charge is 2.27. The van der Waals surface area contributed by atoms with Crippen molar-refractivity contribution in [1.29, 1.82) is 0 Å². The van der Waals surface area contributed by atoms with Gasteiger partial charge in [-0.1, -0.05) is 13.8 Å². The minimum Gasteiger partial charge on any atom is -0.304 e. The van der Waals surface area contributed by atoms with Gasteiger partial charge in [-0.2, -0.15) is 0 Å². The van der Waals surface area contributed by atoms with Crippen LogP contribution in [-0.4, -0.2) is 62.0 Å². The van der Waals surface area contributed by atoms with Gasteiger partial charge in [-0.15, -0.1) is 11.6 Å². The highest BCUT2D eigenvalue weighted by Crippen LogP contribution is 2.21. The van der Waals surface area contributed by atoms with Crippen molar-refractivity contribution in [1.82, 2.24) is 9.21 Å². The summed E-state index contributed by atoms with van der Waals surface area (Å²) < 4.78 is 26.0. The molecule has 0 saturated carbocycles. The normalized spacial score (nSPS) is 18.8. The molecular formula is C14H29ClN2O2S. The van der Waals surface area contributed by atoms with E-state index in [1.165, 1.54) is 0 Å². The lowest BCUT2D eigenvalue weighted by Gasteiger charge is -2.33. The second-order valence-corrected chi connectivity index (χ2v) is 8.01. The average Bonchev–Trinajstić information content (AvgIpc) is 2.45. The molecule has 1 heterocycles. The maximum absolute atomic E-state index is 12.2. The Morgan fingerprint density at radius 1 is 1.15 bits per heavy atom. The Labute approximate surface area is 129 Å². The van der Waals surface area contributed by atoms with Crippen LogP contribution in [0.1, 0.15) is 39.5 Å². The van der Waals surface area contributed by atoms with Gasteiger partial charge >= 0.3 is 0 Å². The van der Waals surface area contributed by atoms with Crippen LogP contribution < -0.4 is 0 Å². The van der Waals surface area contributed by atoms with E-state index in [1.54, 1.807) is 4.31 Å². The number of rotatable bonds is 9. The molecule has 120 valence electrons. The summed E-state index contributed by atoms with van der Waals surface area (Å²) in [7, 11) is -3.06. The summed E-state index contributed by atoms with van der Waals surface area (Å²) in [6.45, 7) is 9.00. The lowest BCUT2D eigenvalue weighted by atomic mass is 9.97. The molecule has 0 aromatic heterocycles. The van der Waals surface area contributed by atoms with E-state index >= 15 is 0 Å². The molecule has 1 aliphatic heterocycles. The molecule has 1 saturated heterocycles. The van der Waals surface area contributed by atoms with Crippen molar-refractivity contribution >= 4 is 21.6 Å². The van der Waals surface area contributed by atoms with Gasteiger partial charge in [0, 0.05) is 25.5 Å². The van der Waals surface area contributed by atoms with E-state index in [-0.39, 0.29) is 5.75 Å². The van der Waals surface area contributed by atoms with Crippen LogP contribution in [0.25, 0.3) is 0 Å². The van der Waals surface area contributed by atoms with E-state index in [2.05, 4.69) is 18.7 Å². The van der Waals surface area contributed by atoms with Crippen molar-refractivity contribution in [2.24, 2.45) is 5.92 Å². The van der Waals surface area contributed by atoms with E-state index in [0.29, 0.717) is 31.3 Å². The second kappa shape index (κ2) is 9.23. The molecule has 0 aromatic rings. The van der Waals surface area contributed by atoms with Gasteiger partial charge < -0.3 is 4.90 Å². The van der Waals surface area contributed by atoms with Crippen molar-refractivity contribution in [3.8, 4) is 0 Å². The van der Waals surface area contributed by atoms with Crippen molar-refractivity contribution in [3.63, 3.8) is 0 Å². The third-order valence-electron chi connectivity index (χ3n) is 4.16. The molecule has 4 nitrogen and oxygen atoms in total. The molecule has 20 heavy (non-hydrogen) atoms. The fraction of sp³-hybridized carbons (Fsp3) is 1.00. The van der Waals surface area contributed by atoms with Crippen LogP contribution in [0.4, 0.5) is 0 Å². The van der Waals surface area contributed by atoms with Gasteiger partial charge in [-0.25, -0.2) is 12.7 Å². The summed E-state index contributed by atoms with van der Waals surface area (Å²) in [5, 5.41) is 0. The van der Waals surface area contributed by atoms with Crippen LogP contribution in [0.5, 0.6) is 0 Å². The second-order valence-electron chi connectivity index (χ2n) is 5.54. The van der Waals surface area contributed by atoms with Gasteiger partial charge in [-0.05, 0) is 44.7 Å². The van der Waals surface area contributed by atoms with Crippen molar-refractivity contribution < 1.29 is 8.42 Å². The summed E-state index contributed by atoms with van der Waals surface area (Å²) in [5.74, 6) is 1.44. The van der Waals surface area contributed by atoms with Gasteiger partial charge in [0.1, 0.15) is 0 Å². The Balaban J connectivity index is 2.37. The summed E-state index contributed by atoms with van der Waals surface area (Å²) in [5.41, 5.74) is 0. The number of hydrogen-bond donors (Lipinski definition) is 0. The van der Waals surface area contributed by atoms with Crippen LogP contribution in [0.2, 0.25) is 0 Å². The molecule has 0 aliphatic carbocycles. The first-order chi connectivity index (χ1) is 9.53. The Kier molecular flexibility index (Phi) is 8.41. The van der Waals surface area contributed by atoms with Crippen LogP contribution in [0.15, 0.2) is 0 Å². The van der Waals surface area contributed by atoms with Crippen molar-refractivity contribution in [2.75, 3.05) is 44.4 Å². The van der Waals surface area contributed by atoms with Crippen molar-refractivity contribution in [2.45, 2.75) is 39.5 Å². The van der Waals surface area contributed by atoms with E-state index in [9.17, 15) is 8.42 Å². The van der Waals surface area contributed by atoms with Crippen LogP contribution >= 0.6 is 11.6 Å². The van der Waals surface area contributed by atoms with Gasteiger partial charge in [0.2, 0.25) is 10.0 Å². The van der Waals surface area contributed by atoms with E-state index < -0.39 is 10.0 Å². The third kappa shape index (κ3) is 5.88. The van der Waals surface area contributed by atoms with Gasteiger partial charge in [0.25, 0.3) is 0 Å².